The summed E-state index contributed by atoms with van der Waals surface area (Å²) in [5.74, 6) is -1.52. The van der Waals surface area contributed by atoms with E-state index in [1.807, 2.05) is 0 Å². The van der Waals surface area contributed by atoms with E-state index in [1.165, 1.54) is 0 Å². The lowest BCUT2D eigenvalue weighted by Gasteiger charge is -2.17. The van der Waals surface area contributed by atoms with Crippen LogP contribution in [-0.4, -0.2) is 18.1 Å². The molecule has 2 heterocycles. The van der Waals surface area contributed by atoms with Crippen LogP contribution in [-0.2, 0) is 0 Å². The number of hydrogen-bond donors (Lipinski definition) is 1. The highest BCUT2D eigenvalue weighted by Crippen LogP contribution is 2.23. The van der Waals surface area contributed by atoms with E-state index in [-0.39, 0.29) is 11.6 Å². The molecular weight excluding hydrogens is 188 g/mol. The fraction of sp³-hybridized carbons (Fsp3) is 0.444. The van der Waals surface area contributed by atoms with E-state index in [4.69, 9.17) is 5.73 Å². The lowest BCUT2D eigenvalue weighted by atomic mass is 10.4. The van der Waals surface area contributed by atoms with Gasteiger partial charge in [0.1, 0.15) is 0 Å². The summed E-state index contributed by atoms with van der Waals surface area (Å²) in [6.45, 7) is 1.52. The second-order valence-electron chi connectivity index (χ2n) is 3.36. The molecule has 0 saturated carbocycles. The molecular formula is C9H11F2N3. The zero-order valence-electron chi connectivity index (χ0n) is 7.63. The van der Waals surface area contributed by atoms with Crippen molar-refractivity contribution in [2.45, 2.75) is 12.8 Å². The van der Waals surface area contributed by atoms with Gasteiger partial charge in [0.25, 0.3) is 0 Å². The van der Waals surface area contributed by atoms with Gasteiger partial charge in [-0.25, -0.2) is 13.8 Å². The normalized spacial score (nSPS) is 16.3. The third-order valence-corrected chi connectivity index (χ3v) is 2.34. The third kappa shape index (κ3) is 1.49. The lowest BCUT2D eigenvalue weighted by Crippen LogP contribution is -2.21. The van der Waals surface area contributed by atoms with Gasteiger partial charge in [-0.2, -0.15) is 0 Å². The highest BCUT2D eigenvalue weighted by molar-refractivity contribution is 5.47. The van der Waals surface area contributed by atoms with Crippen molar-refractivity contribution in [3.8, 4) is 0 Å². The molecule has 1 aromatic heterocycles. The van der Waals surface area contributed by atoms with Crippen LogP contribution in [0.3, 0.4) is 0 Å². The predicted molar refractivity (Wildman–Crippen MR) is 50.0 cm³/mol. The molecule has 1 aromatic rings. The molecule has 5 heteroatoms. The Morgan fingerprint density at radius 3 is 2.50 bits per heavy atom. The first-order valence-electron chi connectivity index (χ1n) is 4.55. The van der Waals surface area contributed by atoms with Crippen molar-refractivity contribution in [3.63, 3.8) is 0 Å². The summed E-state index contributed by atoms with van der Waals surface area (Å²) in [6, 6.07) is 0.788. The number of nitrogens with two attached hydrogens (primary N) is 1. The van der Waals surface area contributed by atoms with Crippen molar-refractivity contribution in [3.05, 3.63) is 17.7 Å². The van der Waals surface area contributed by atoms with Gasteiger partial charge >= 0.3 is 0 Å². The molecule has 1 aliphatic heterocycles. The van der Waals surface area contributed by atoms with Crippen LogP contribution >= 0.6 is 0 Å². The molecule has 0 spiro atoms. The second kappa shape index (κ2) is 3.40. The quantitative estimate of drug-likeness (QED) is 0.746. The molecule has 0 aliphatic carbocycles. The van der Waals surface area contributed by atoms with Gasteiger partial charge in [0.15, 0.2) is 23.3 Å². The van der Waals surface area contributed by atoms with E-state index in [2.05, 4.69) is 4.98 Å². The van der Waals surface area contributed by atoms with Crippen LogP contribution in [0.2, 0.25) is 0 Å². The summed E-state index contributed by atoms with van der Waals surface area (Å²) in [7, 11) is 0. The molecule has 0 atom stereocenters. The van der Waals surface area contributed by atoms with Gasteiger partial charge in [-0.3, -0.25) is 0 Å². The number of hydrogen-bond acceptors (Lipinski definition) is 3. The number of anilines is 2. The van der Waals surface area contributed by atoms with Crippen LogP contribution in [0.4, 0.5) is 20.4 Å². The van der Waals surface area contributed by atoms with E-state index in [0.29, 0.717) is 0 Å². The molecule has 76 valence electrons. The molecule has 3 nitrogen and oxygen atoms in total. The van der Waals surface area contributed by atoms with Gasteiger partial charge in [-0.15, -0.1) is 0 Å². The number of nitrogen functional groups attached to an aromatic ring is 1. The smallest absolute Gasteiger partial charge is 0.168 e. The Kier molecular flexibility index (Phi) is 2.23. The summed E-state index contributed by atoms with van der Waals surface area (Å²) in [5, 5.41) is 0. The van der Waals surface area contributed by atoms with E-state index in [0.717, 1.165) is 32.0 Å². The number of halogens is 2. The Morgan fingerprint density at radius 2 is 1.86 bits per heavy atom. The minimum absolute atomic E-state index is 0.168. The van der Waals surface area contributed by atoms with Crippen LogP contribution < -0.4 is 10.6 Å². The maximum atomic E-state index is 13.3. The Balaban J connectivity index is 2.37. The van der Waals surface area contributed by atoms with E-state index >= 15 is 0 Å². The standard InChI is InChI=1S/C9H11F2N3/c10-6-5-7(11)9(13-8(6)12)14-3-1-2-4-14/h5H,1-4H2,(H2,12,13). The van der Waals surface area contributed by atoms with Crippen LogP contribution in [0.1, 0.15) is 12.8 Å². The number of aromatic nitrogens is 1. The summed E-state index contributed by atoms with van der Waals surface area (Å²) >= 11 is 0. The molecule has 0 aromatic carbocycles. The van der Waals surface area contributed by atoms with Gasteiger partial charge < -0.3 is 10.6 Å². The Bertz CT molecular complexity index is 348. The zero-order chi connectivity index (χ0) is 10.1. The Morgan fingerprint density at radius 1 is 1.21 bits per heavy atom. The Labute approximate surface area is 80.5 Å². The first kappa shape index (κ1) is 9.18. The van der Waals surface area contributed by atoms with Gasteiger partial charge in [-0.05, 0) is 12.8 Å². The fourth-order valence-corrected chi connectivity index (χ4v) is 1.62. The molecule has 0 radical (unpaired) electrons. The first-order chi connectivity index (χ1) is 6.68. The van der Waals surface area contributed by atoms with Gasteiger partial charge in [0.2, 0.25) is 0 Å². The summed E-state index contributed by atoms with van der Waals surface area (Å²) in [4.78, 5) is 5.49. The first-order valence-corrected chi connectivity index (χ1v) is 4.55. The van der Waals surface area contributed by atoms with Crippen LogP contribution in [0.5, 0.6) is 0 Å². The van der Waals surface area contributed by atoms with Crippen molar-refractivity contribution >= 4 is 11.6 Å². The van der Waals surface area contributed by atoms with Crippen LogP contribution in [0.25, 0.3) is 0 Å². The second-order valence-corrected chi connectivity index (χ2v) is 3.36. The highest BCUT2D eigenvalue weighted by atomic mass is 19.1. The average molecular weight is 199 g/mol. The lowest BCUT2D eigenvalue weighted by molar-refractivity contribution is 0.574. The number of rotatable bonds is 1. The molecule has 0 unspecified atom stereocenters. The van der Waals surface area contributed by atoms with Gasteiger partial charge in [-0.1, -0.05) is 0 Å². The molecule has 0 bridgehead atoms. The van der Waals surface area contributed by atoms with Crippen LogP contribution in [0.15, 0.2) is 6.07 Å². The van der Waals surface area contributed by atoms with Gasteiger partial charge in [0, 0.05) is 19.2 Å². The predicted octanol–water partition coefficient (Wildman–Crippen LogP) is 1.54. The van der Waals surface area contributed by atoms with Crippen molar-refractivity contribution in [1.82, 2.24) is 4.98 Å². The van der Waals surface area contributed by atoms with Crippen LogP contribution in [0, 0.1) is 11.6 Å². The zero-order valence-corrected chi connectivity index (χ0v) is 7.63. The molecule has 14 heavy (non-hydrogen) atoms. The van der Waals surface area contributed by atoms with E-state index in [1.54, 1.807) is 4.90 Å². The molecule has 0 amide bonds. The van der Waals surface area contributed by atoms with Crippen molar-refractivity contribution in [2.24, 2.45) is 0 Å². The maximum Gasteiger partial charge on any atom is 0.168 e. The number of pyridine rings is 1. The van der Waals surface area contributed by atoms with Gasteiger partial charge in [0.05, 0.1) is 0 Å². The highest BCUT2D eigenvalue weighted by Gasteiger charge is 2.19. The topological polar surface area (TPSA) is 42.1 Å². The largest absolute Gasteiger partial charge is 0.381 e. The SMILES string of the molecule is Nc1nc(N2CCCC2)c(F)cc1F. The minimum atomic E-state index is -0.801. The third-order valence-electron chi connectivity index (χ3n) is 2.34. The molecule has 2 N–H and O–H groups in total. The summed E-state index contributed by atoms with van der Waals surface area (Å²) in [6.07, 6.45) is 2.02. The summed E-state index contributed by atoms with van der Waals surface area (Å²) in [5.41, 5.74) is 5.28. The molecule has 2 rings (SSSR count). The van der Waals surface area contributed by atoms with Crippen molar-refractivity contribution in [1.29, 1.82) is 0 Å². The fourth-order valence-electron chi connectivity index (χ4n) is 1.62. The molecule has 1 saturated heterocycles. The Hall–Kier alpha value is -1.39. The van der Waals surface area contributed by atoms with E-state index in [9.17, 15) is 8.78 Å². The monoisotopic (exact) mass is 199 g/mol. The number of nitrogens with zero attached hydrogens (tertiary/aromatic N) is 2. The van der Waals surface area contributed by atoms with E-state index < -0.39 is 11.6 Å². The molecule has 1 fully saturated rings. The average Bonchev–Trinajstić information content (AvgIpc) is 2.64. The molecule has 1 aliphatic rings. The maximum absolute atomic E-state index is 13.3. The van der Waals surface area contributed by atoms with Crippen molar-refractivity contribution < 1.29 is 8.78 Å². The summed E-state index contributed by atoms with van der Waals surface area (Å²) < 4.78 is 26.1. The minimum Gasteiger partial charge on any atom is -0.381 e. The van der Waals surface area contributed by atoms with Crippen molar-refractivity contribution in [2.75, 3.05) is 23.7 Å².